The lowest BCUT2D eigenvalue weighted by molar-refractivity contribution is -0.685. The van der Waals surface area contributed by atoms with Crippen LogP contribution in [0.15, 0.2) is 41.9 Å². The molecule has 0 bridgehead atoms. The van der Waals surface area contributed by atoms with Crippen LogP contribution in [0.1, 0.15) is 43.7 Å². The average molecular weight is 466 g/mol. The molecule has 1 atom stereocenters. The fraction of sp³-hybridized carbons (Fsp3) is 0.500. The highest BCUT2D eigenvalue weighted by molar-refractivity contribution is 6.00. The predicted octanol–water partition coefficient (Wildman–Crippen LogP) is 2.46. The minimum absolute atomic E-state index is 0.112. The summed E-state index contributed by atoms with van der Waals surface area (Å²) in [6.07, 6.45) is 2.92. The number of nitrogens with zero attached hydrogens (tertiary/aromatic N) is 3. The van der Waals surface area contributed by atoms with Crippen LogP contribution in [0, 0.1) is 5.41 Å². The maximum absolute atomic E-state index is 13.4. The summed E-state index contributed by atoms with van der Waals surface area (Å²) in [5.74, 6) is 2.35. The minimum Gasteiger partial charge on any atom is -0.497 e. The number of allylic oxidation sites excluding steroid dienone is 2. The number of morpholine rings is 1. The molecular formula is C26H33N4O4+. The summed E-state index contributed by atoms with van der Waals surface area (Å²) in [7, 11) is 1.64. The molecule has 2 aliphatic heterocycles. The molecule has 0 unspecified atom stereocenters. The number of methoxy groups -OCH3 is 1. The molecule has 5 rings (SSSR count). The first-order valence-corrected chi connectivity index (χ1v) is 11.9. The van der Waals surface area contributed by atoms with Gasteiger partial charge >= 0.3 is 5.88 Å². The van der Waals surface area contributed by atoms with E-state index in [1.807, 2.05) is 28.8 Å². The van der Waals surface area contributed by atoms with Crippen LogP contribution in [0.2, 0.25) is 0 Å². The molecule has 0 saturated carbocycles. The first kappa shape index (κ1) is 22.8. The van der Waals surface area contributed by atoms with Gasteiger partial charge in [0.05, 0.1) is 32.8 Å². The minimum atomic E-state index is -0.323. The van der Waals surface area contributed by atoms with Crippen molar-refractivity contribution in [3.05, 3.63) is 53.1 Å². The van der Waals surface area contributed by atoms with E-state index in [1.54, 1.807) is 13.4 Å². The number of carbonyl (C=O) groups excluding carboxylic acids is 1. The van der Waals surface area contributed by atoms with Crippen molar-refractivity contribution in [3.8, 4) is 11.6 Å². The molecule has 180 valence electrons. The van der Waals surface area contributed by atoms with Crippen LogP contribution < -0.4 is 19.8 Å². The Labute approximate surface area is 200 Å². The van der Waals surface area contributed by atoms with E-state index in [-0.39, 0.29) is 17.1 Å². The van der Waals surface area contributed by atoms with Crippen molar-refractivity contribution in [1.82, 2.24) is 9.88 Å². The van der Waals surface area contributed by atoms with E-state index in [9.17, 15) is 4.79 Å². The quantitative estimate of drug-likeness (QED) is 0.679. The summed E-state index contributed by atoms with van der Waals surface area (Å²) in [6.45, 7) is 9.09. The Morgan fingerprint density at radius 3 is 2.65 bits per heavy atom. The van der Waals surface area contributed by atoms with Gasteiger partial charge in [0, 0.05) is 38.0 Å². The summed E-state index contributed by atoms with van der Waals surface area (Å²) in [4.78, 5) is 20.5. The number of hydrogen-bond acceptors (Lipinski definition) is 7. The number of anilines is 1. The summed E-state index contributed by atoms with van der Waals surface area (Å²) in [5.41, 5.74) is 9.06. The zero-order valence-corrected chi connectivity index (χ0v) is 20.2. The summed E-state index contributed by atoms with van der Waals surface area (Å²) in [5, 5.41) is 0. The highest BCUT2D eigenvalue weighted by Crippen LogP contribution is 2.50. The summed E-state index contributed by atoms with van der Waals surface area (Å²) < 4.78 is 19.1. The number of nitrogen functional groups attached to an aromatic ring is 1. The van der Waals surface area contributed by atoms with E-state index in [0.717, 1.165) is 49.7 Å². The van der Waals surface area contributed by atoms with Crippen LogP contribution in [-0.4, -0.2) is 55.6 Å². The Balaban J connectivity index is 1.56. The normalized spacial score (nSPS) is 22.1. The lowest BCUT2D eigenvalue weighted by Gasteiger charge is -2.37. The van der Waals surface area contributed by atoms with Crippen molar-refractivity contribution in [2.75, 3.05) is 45.7 Å². The van der Waals surface area contributed by atoms with Gasteiger partial charge in [0.2, 0.25) is 12.1 Å². The molecule has 3 aliphatic rings. The fourth-order valence-corrected chi connectivity index (χ4v) is 5.20. The van der Waals surface area contributed by atoms with Crippen LogP contribution >= 0.6 is 0 Å². The molecule has 34 heavy (non-hydrogen) atoms. The molecule has 2 aromatic rings. The molecule has 8 nitrogen and oxygen atoms in total. The Bertz CT molecular complexity index is 1120. The van der Waals surface area contributed by atoms with E-state index in [1.165, 1.54) is 0 Å². The molecule has 1 aromatic carbocycles. The lowest BCUT2D eigenvalue weighted by Crippen LogP contribution is -2.47. The number of ether oxygens (including phenoxy) is 3. The van der Waals surface area contributed by atoms with Crippen LogP contribution in [0.25, 0.3) is 0 Å². The second-order valence-corrected chi connectivity index (χ2v) is 10.1. The third-order valence-electron chi connectivity index (χ3n) is 7.02. The summed E-state index contributed by atoms with van der Waals surface area (Å²) >= 11 is 0. The number of benzene rings is 1. The number of fused-ring (bicyclic) bond motifs is 1. The monoisotopic (exact) mass is 465 g/mol. The van der Waals surface area contributed by atoms with Crippen LogP contribution in [0.4, 0.5) is 5.82 Å². The van der Waals surface area contributed by atoms with E-state index in [2.05, 4.69) is 23.7 Å². The van der Waals surface area contributed by atoms with E-state index in [0.29, 0.717) is 42.4 Å². The van der Waals surface area contributed by atoms with Gasteiger partial charge in [-0.25, -0.2) is 4.57 Å². The van der Waals surface area contributed by atoms with Crippen molar-refractivity contribution in [1.29, 1.82) is 0 Å². The van der Waals surface area contributed by atoms with Gasteiger partial charge in [-0.1, -0.05) is 31.0 Å². The predicted molar refractivity (Wildman–Crippen MR) is 127 cm³/mol. The molecule has 1 aliphatic carbocycles. The van der Waals surface area contributed by atoms with Crippen molar-refractivity contribution in [3.63, 3.8) is 0 Å². The Kier molecular flexibility index (Phi) is 6.04. The van der Waals surface area contributed by atoms with Gasteiger partial charge in [0.25, 0.3) is 0 Å². The van der Waals surface area contributed by atoms with Crippen molar-refractivity contribution in [2.45, 2.75) is 39.2 Å². The largest absolute Gasteiger partial charge is 0.497 e. The van der Waals surface area contributed by atoms with Gasteiger partial charge in [0.15, 0.2) is 5.78 Å². The van der Waals surface area contributed by atoms with E-state index >= 15 is 0 Å². The molecule has 0 spiro atoms. The molecular weight excluding hydrogens is 432 g/mol. The Hall–Kier alpha value is -2.97. The van der Waals surface area contributed by atoms with Gasteiger partial charge < -0.3 is 19.9 Å². The van der Waals surface area contributed by atoms with E-state index < -0.39 is 0 Å². The fourth-order valence-electron chi connectivity index (χ4n) is 5.20. The highest BCUT2D eigenvalue weighted by Gasteiger charge is 2.45. The van der Waals surface area contributed by atoms with Crippen molar-refractivity contribution < 1.29 is 23.6 Å². The number of rotatable bonds is 5. The number of nitrogens with two attached hydrogens (primary N) is 1. The van der Waals surface area contributed by atoms with Crippen LogP contribution in [0.3, 0.4) is 0 Å². The smallest absolute Gasteiger partial charge is 0.305 e. The molecule has 1 fully saturated rings. The van der Waals surface area contributed by atoms with Gasteiger partial charge in [-0.05, 0) is 23.1 Å². The molecule has 1 aromatic heterocycles. The third kappa shape index (κ3) is 4.28. The van der Waals surface area contributed by atoms with Crippen LogP contribution in [-0.2, 0) is 16.1 Å². The molecule has 2 N–H and O–H groups in total. The molecule has 1 saturated heterocycles. The first-order chi connectivity index (χ1) is 16.4. The highest BCUT2D eigenvalue weighted by atomic mass is 16.5. The topological polar surface area (TPSA) is 90.8 Å². The van der Waals surface area contributed by atoms with E-state index in [4.69, 9.17) is 19.9 Å². The SMILES string of the molecule is COc1ccc([C@H]2C3=C(CC(C)(C)CC3=O)Oc3nc[n+](CCN4CCOCC4)c(N)c32)cc1. The van der Waals surface area contributed by atoms with Gasteiger partial charge in [-0.15, -0.1) is 0 Å². The second kappa shape index (κ2) is 9.00. The van der Waals surface area contributed by atoms with Gasteiger partial charge in [-0.3, -0.25) is 9.69 Å². The van der Waals surface area contributed by atoms with Crippen molar-refractivity contribution in [2.24, 2.45) is 5.41 Å². The maximum atomic E-state index is 13.4. The molecule has 8 heteroatoms. The van der Waals surface area contributed by atoms with Crippen molar-refractivity contribution >= 4 is 11.6 Å². The van der Waals surface area contributed by atoms with Gasteiger partial charge in [-0.2, -0.15) is 0 Å². The van der Waals surface area contributed by atoms with Gasteiger partial charge in [0.1, 0.15) is 17.1 Å². The average Bonchev–Trinajstić information content (AvgIpc) is 2.82. The zero-order valence-electron chi connectivity index (χ0n) is 20.2. The molecule has 0 radical (unpaired) electrons. The number of aromatic nitrogens is 2. The van der Waals surface area contributed by atoms with Crippen LogP contribution in [0.5, 0.6) is 11.6 Å². The molecule has 3 heterocycles. The number of ketones is 1. The zero-order chi connectivity index (χ0) is 23.9. The maximum Gasteiger partial charge on any atom is 0.305 e. The number of hydrogen-bond donors (Lipinski definition) is 1. The number of carbonyl (C=O) groups is 1. The lowest BCUT2D eigenvalue weighted by atomic mass is 9.70. The Morgan fingerprint density at radius 2 is 1.94 bits per heavy atom. The Morgan fingerprint density at radius 1 is 1.21 bits per heavy atom. The standard InChI is InChI=1S/C26H32N4O4/c1-26(2)14-19(31)22-20(15-26)34-25-23(21(22)17-4-6-18(32-3)7-5-17)24(27)30(16-28-25)9-8-29-10-12-33-13-11-29/h4-7,16,21,27H,8-15H2,1-3H3/p+1/t21-/m0/s1. The third-order valence-corrected chi connectivity index (χ3v) is 7.02. The first-order valence-electron chi connectivity index (χ1n) is 11.9. The number of Topliss-reactive ketones (excluding diaryl/α,β-unsaturated/α-hetero) is 1. The second-order valence-electron chi connectivity index (χ2n) is 10.1. The summed E-state index contributed by atoms with van der Waals surface area (Å²) in [6, 6.07) is 7.84. The molecule has 0 amide bonds.